The molecule has 0 bridgehead atoms. The van der Waals surface area contributed by atoms with E-state index in [0.717, 1.165) is 30.7 Å². The molecule has 2 unspecified atom stereocenters. The van der Waals surface area contributed by atoms with E-state index in [1.54, 1.807) is 4.93 Å². The summed E-state index contributed by atoms with van der Waals surface area (Å²) in [6.45, 7) is 9.85. The molecule has 34 heavy (non-hydrogen) atoms. The van der Waals surface area contributed by atoms with Crippen molar-refractivity contribution in [2.75, 3.05) is 17.3 Å². The molecule has 0 radical (unpaired) electrons. The van der Waals surface area contributed by atoms with Crippen molar-refractivity contribution < 1.29 is 3.14 Å². The molecule has 0 amide bonds. The number of benzene rings is 1. The molecular formula is C29H36INO2P+. The van der Waals surface area contributed by atoms with Crippen molar-refractivity contribution in [1.29, 1.82) is 0 Å². The number of nitrogens with zero attached hydrogens (tertiary/aromatic N) is 1. The maximum atomic E-state index is 11.3. The first-order valence-corrected chi connectivity index (χ1v) is 18.2. The van der Waals surface area contributed by atoms with Gasteiger partial charge in [-0.1, -0.05) is 0 Å². The van der Waals surface area contributed by atoms with E-state index in [1.165, 1.54) is 16.2 Å². The van der Waals surface area contributed by atoms with E-state index in [2.05, 4.69) is 92.1 Å². The Bertz CT molecular complexity index is 1090. The van der Waals surface area contributed by atoms with Crippen molar-refractivity contribution >= 4 is 36.2 Å². The molecule has 0 heterocycles. The Morgan fingerprint density at radius 2 is 1.97 bits per heavy atom. The molecule has 1 aromatic rings. The number of rotatable bonds is 12. The van der Waals surface area contributed by atoms with E-state index >= 15 is 0 Å². The fourth-order valence-electron chi connectivity index (χ4n) is 3.70. The Hall–Kier alpha value is -2.43. The Balaban J connectivity index is 2.67. The molecule has 0 fully saturated rings. The summed E-state index contributed by atoms with van der Waals surface area (Å²) in [6.07, 6.45) is 26.7. The first kappa shape index (κ1) is 27.8. The van der Waals surface area contributed by atoms with Crippen LogP contribution in [0.15, 0.2) is 127 Å². The first-order valence-electron chi connectivity index (χ1n) is 11.3. The quantitative estimate of drug-likeness (QED) is 0.0366. The number of hydrogen-bond acceptors (Lipinski definition) is 2. The van der Waals surface area contributed by atoms with Gasteiger partial charge in [-0.3, -0.25) is 0 Å². The van der Waals surface area contributed by atoms with Gasteiger partial charge in [0.1, 0.15) is 0 Å². The molecule has 5 heteroatoms. The molecule has 1 aliphatic carbocycles. The molecule has 1 aliphatic rings. The van der Waals surface area contributed by atoms with Gasteiger partial charge in [0.25, 0.3) is 0 Å². The molecule has 3 nitrogen and oxygen atoms in total. The predicted molar refractivity (Wildman–Crippen MR) is 164 cm³/mol. The van der Waals surface area contributed by atoms with Crippen LogP contribution in [0.5, 0.6) is 0 Å². The van der Waals surface area contributed by atoms with Gasteiger partial charge in [-0.2, -0.15) is 0 Å². The van der Waals surface area contributed by atoms with Crippen LogP contribution in [0.25, 0.3) is 0 Å². The van der Waals surface area contributed by atoms with Crippen LogP contribution in [0.2, 0.25) is 0 Å². The minimum absolute atomic E-state index is 0.0930. The van der Waals surface area contributed by atoms with E-state index < -0.39 is 26.9 Å². The average Bonchev–Trinajstić information content (AvgIpc) is 3.14. The van der Waals surface area contributed by atoms with Crippen molar-refractivity contribution in [3.63, 3.8) is 0 Å². The fraction of sp³-hybridized carbons (Fsp3) is 0.207. The van der Waals surface area contributed by atoms with Crippen LogP contribution in [0.3, 0.4) is 0 Å². The molecule has 0 saturated carbocycles. The van der Waals surface area contributed by atoms with Gasteiger partial charge in [0, 0.05) is 0 Å². The van der Waals surface area contributed by atoms with Crippen LogP contribution in [0.4, 0.5) is 0 Å². The summed E-state index contributed by atoms with van der Waals surface area (Å²) >= 11 is -2.47. The van der Waals surface area contributed by atoms with Gasteiger partial charge in [-0.05, 0) is 0 Å². The van der Waals surface area contributed by atoms with E-state index in [9.17, 15) is 10.1 Å². The maximum absolute atomic E-state index is 11.3. The van der Waals surface area contributed by atoms with Crippen molar-refractivity contribution in [2.45, 2.75) is 19.8 Å². The fourth-order valence-corrected chi connectivity index (χ4v) is 9.28. The summed E-state index contributed by atoms with van der Waals surface area (Å²) in [4.78, 5) is 13.1. The van der Waals surface area contributed by atoms with Gasteiger partial charge in [0.05, 0.1) is 0 Å². The number of nitro groups is 1. The van der Waals surface area contributed by atoms with E-state index in [-0.39, 0.29) is 3.14 Å². The van der Waals surface area contributed by atoms with Crippen molar-refractivity contribution in [3.8, 4) is 0 Å². The second-order valence-electron chi connectivity index (χ2n) is 8.04. The van der Waals surface area contributed by atoms with Gasteiger partial charge in [-0.25, -0.2) is 0 Å². The molecule has 180 valence electrons. The molecular weight excluding hydrogens is 552 g/mol. The second kappa shape index (κ2) is 14.7. The first-order chi connectivity index (χ1) is 16.4. The predicted octanol–water partition coefficient (Wildman–Crippen LogP) is 7.78. The molecule has 0 saturated heterocycles. The monoisotopic (exact) mass is 588 g/mol. The van der Waals surface area contributed by atoms with Gasteiger partial charge < -0.3 is 0 Å². The second-order valence-corrected chi connectivity index (χ2v) is 16.3. The number of hydrogen-bond donors (Lipinski definition) is 0. The number of allylic oxidation sites excluding steroid dienone is 14. The van der Waals surface area contributed by atoms with Gasteiger partial charge >= 0.3 is 213 Å². The topological polar surface area (TPSA) is 43.1 Å². The van der Waals surface area contributed by atoms with Crippen molar-refractivity contribution in [1.82, 2.24) is 0 Å². The molecule has 0 spiro atoms. The normalized spacial score (nSPS) is 17.7. The summed E-state index contributed by atoms with van der Waals surface area (Å²) in [6, 6.07) is 10.8. The molecule has 0 aliphatic heterocycles. The SMILES string of the molecule is C=CC/C(=C\C=[IH](/C)[N+](=O)[O-])C[P+](C/C=C\C=C(\C)C=C)(C1=CCC=CC=C1)c1ccccc1. The third-order valence-corrected chi connectivity index (χ3v) is 12.8. The molecule has 0 N–H and O–H groups in total. The van der Waals surface area contributed by atoms with Crippen LogP contribution in [0.1, 0.15) is 19.8 Å². The van der Waals surface area contributed by atoms with Gasteiger partial charge in [0.2, 0.25) is 0 Å². The van der Waals surface area contributed by atoms with E-state index in [0.29, 0.717) is 0 Å². The van der Waals surface area contributed by atoms with Crippen LogP contribution in [-0.4, -0.2) is 24.4 Å². The van der Waals surface area contributed by atoms with Crippen molar-refractivity contribution in [3.05, 3.63) is 137 Å². The standard InChI is InChI=1S/C29H36INO2P/c1-5-16-27(22-23-30(4)31(32)33)25-34(29-20-12-9-13-21-29,24-15-14-17-26(3)6-2)28-18-10-7-8-11-19-28/h5-10,12-15,17-23,30H,1-2,11,16,24-25H2,3-4H3/q+1/b15-14-,26-17-,27-22+. The molecule has 0 aromatic heterocycles. The van der Waals surface area contributed by atoms with Gasteiger partial charge in [0.15, 0.2) is 0 Å². The summed E-state index contributed by atoms with van der Waals surface area (Å²) in [7, 11) is -1.88. The third-order valence-electron chi connectivity index (χ3n) is 5.57. The Morgan fingerprint density at radius 1 is 1.21 bits per heavy atom. The van der Waals surface area contributed by atoms with Crippen LogP contribution < -0.4 is 5.30 Å². The minimum atomic E-state index is -2.47. The third kappa shape index (κ3) is 8.41. The average molecular weight is 588 g/mol. The Kier molecular flexibility index (Phi) is 12.1. The number of halogens is 1. The zero-order chi connectivity index (χ0) is 24.8. The van der Waals surface area contributed by atoms with E-state index in [1.807, 2.05) is 29.2 Å². The Morgan fingerprint density at radius 3 is 2.65 bits per heavy atom. The molecule has 2 rings (SSSR count). The van der Waals surface area contributed by atoms with Gasteiger partial charge in [-0.15, -0.1) is 0 Å². The molecule has 2 atom stereocenters. The zero-order valence-electron chi connectivity index (χ0n) is 20.2. The number of alkyl halides is 1. The Labute approximate surface area is 212 Å². The summed E-state index contributed by atoms with van der Waals surface area (Å²) in [5, 5.41) is 14.0. The van der Waals surface area contributed by atoms with Crippen LogP contribution in [-0.2, 0) is 0 Å². The zero-order valence-corrected chi connectivity index (χ0v) is 23.4. The van der Waals surface area contributed by atoms with Crippen molar-refractivity contribution in [2.24, 2.45) is 0 Å². The van der Waals surface area contributed by atoms with Crippen LogP contribution in [0, 0.1) is 10.1 Å². The van der Waals surface area contributed by atoms with E-state index in [4.69, 9.17) is 0 Å². The summed E-state index contributed by atoms with van der Waals surface area (Å²) < 4.78 is 1.77. The summed E-state index contributed by atoms with van der Waals surface area (Å²) in [5.74, 6) is 0. The molecule has 1 aromatic carbocycles. The summed E-state index contributed by atoms with van der Waals surface area (Å²) in [5.41, 5.74) is 2.33. The van der Waals surface area contributed by atoms with Crippen LogP contribution >= 0.6 is 26.9 Å².